The fourth-order valence-electron chi connectivity index (χ4n) is 6.38. The maximum absolute atomic E-state index is 15.3. The number of rotatable bonds is 13. The Morgan fingerprint density at radius 1 is 1.00 bits per heavy atom. The van der Waals surface area contributed by atoms with E-state index in [1.54, 1.807) is 10.8 Å². The number of anilines is 3. The van der Waals surface area contributed by atoms with E-state index < -0.39 is 68.6 Å². The zero-order valence-electron chi connectivity index (χ0n) is 28.2. The summed E-state index contributed by atoms with van der Waals surface area (Å²) in [6, 6.07) is 14.1. The molecule has 0 radical (unpaired) electrons. The number of nitrogens with zero attached hydrogens (tertiary/aromatic N) is 2. The van der Waals surface area contributed by atoms with Crippen molar-refractivity contribution in [1.82, 2.24) is 0 Å². The van der Waals surface area contributed by atoms with E-state index in [-0.39, 0.29) is 34.1 Å². The Balaban J connectivity index is 1.38. The summed E-state index contributed by atoms with van der Waals surface area (Å²) in [6.07, 6.45) is 3.38. The summed E-state index contributed by atoms with van der Waals surface area (Å²) in [5.74, 6) is -11.7. The number of aromatic carboxylic acids is 1. The van der Waals surface area contributed by atoms with E-state index in [0.717, 1.165) is 54.9 Å². The number of methoxy groups -OCH3 is 1. The van der Waals surface area contributed by atoms with Crippen molar-refractivity contribution in [1.29, 1.82) is 0 Å². The van der Waals surface area contributed by atoms with Crippen LogP contribution in [0, 0.1) is 23.3 Å². The lowest BCUT2D eigenvalue weighted by Gasteiger charge is -2.27. The van der Waals surface area contributed by atoms with E-state index in [1.165, 1.54) is 37.4 Å². The molecule has 1 heterocycles. The number of benzene rings is 4. The van der Waals surface area contributed by atoms with Crippen molar-refractivity contribution in [2.75, 3.05) is 40.5 Å². The number of carbonyl (C=O) groups excluding carboxylic acids is 1. The minimum absolute atomic E-state index is 0.0345. The number of sulfonamides is 1. The van der Waals surface area contributed by atoms with E-state index in [9.17, 15) is 31.9 Å². The second-order valence-corrected chi connectivity index (χ2v) is 15.9. The zero-order chi connectivity index (χ0) is 38.2. The number of hydrogen-bond donors (Lipinski definition) is 2. The normalized spacial score (nSPS) is 14.4. The molecule has 1 saturated heterocycles. The van der Waals surface area contributed by atoms with Gasteiger partial charge in [-0.3, -0.25) is 9.52 Å². The molecular weight excluding hydrogens is 806 g/mol. The van der Waals surface area contributed by atoms with Crippen LogP contribution in [0.15, 0.2) is 59.1 Å². The third-order valence-electron chi connectivity index (χ3n) is 9.21. The van der Waals surface area contributed by atoms with Gasteiger partial charge in [0.2, 0.25) is 15.9 Å². The SMILES string of the molecule is COc1cc(C(=O)O)ccc1N(Cc1cc(C2CC2)cc(N2CCCC2)c1)C(=O)CS(=O)(=O)Nc1c(F)c(F)c(F)c(F)c1Cc1cccc(Br)c1Cl. The molecule has 2 fully saturated rings. The molecule has 1 amide bonds. The first-order valence-corrected chi connectivity index (χ1v) is 19.4. The third-order valence-corrected chi connectivity index (χ3v) is 11.7. The molecule has 0 bridgehead atoms. The Bertz CT molecular complexity index is 2220. The van der Waals surface area contributed by atoms with Crippen LogP contribution in [0.3, 0.4) is 0 Å². The first-order chi connectivity index (χ1) is 25.2. The highest BCUT2D eigenvalue weighted by atomic mass is 79.9. The Morgan fingerprint density at radius 3 is 2.36 bits per heavy atom. The fraction of sp³-hybridized carbons (Fsp3) is 0.297. The fourth-order valence-corrected chi connectivity index (χ4v) is 8.06. The molecule has 6 rings (SSSR count). The van der Waals surface area contributed by atoms with Crippen LogP contribution in [0.2, 0.25) is 5.02 Å². The monoisotopic (exact) mass is 837 g/mol. The summed E-state index contributed by atoms with van der Waals surface area (Å²) in [7, 11) is -3.72. The van der Waals surface area contributed by atoms with Crippen molar-refractivity contribution >= 4 is 66.5 Å². The molecule has 1 aliphatic carbocycles. The maximum Gasteiger partial charge on any atom is 0.335 e. The topological polar surface area (TPSA) is 116 Å². The van der Waals surface area contributed by atoms with Crippen molar-refractivity contribution in [2.24, 2.45) is 0 Å². The second kappa shape index (κ2) is 15.6. The van der Waals surface area contributed by atoms with Crippen LogP contribution in [-0.2, 0) is 27.8 Å². The summed E-state index contributed by atoms with van der Waals surface area (Å²) in [5, 5.41) is 9.61. The Morgan fingerprint density at radius 2 is 1.70 bits per heavy atom. The minimum Gasteiger partial charge on any atom is -0.495 e. The Kier molecular flexibility index (Phi) is 11.3. The predicted molar refractivity (Wildman–Crippen MR) is 197 cm³/mol. The summed E-state index contributed by atoms with van der Waals surface area (Å²) in [5.41, 5.74) is 0.562. The lowest BCUT2D eigenvalue weighted by atomic mass is 10.0. The first-order valence-electron chi connectivity index (χ1n) is 16.6. The van der Waals surface area contributed by atoms with Crippen molar-refractivity contribution in [3.8, 4) is 5.75 Å². The van der Waals surface area contributed by atoms with Gasteiger partial charge in [-0.25, -0.2) is 30.8 Å². The number of halogens is 6. The molecule has 0 unspecified atom stereocenters. The molecule has 16 heteroatoms. The lowest BCUT2D eigenvalue weighted by molar-refractivity contribution is -0.116. The number of carboxylic acid groups (broad SMARTS) is 1. The van der Waals surface area contributed by atoms with Crippen LogP contribution < -0.4 is 19.3 Å². The van der Waals surface area contributed by atoms with E-state index >= 15 is 8.78 Å². The number of hydrogen-bond acceptors (Lipinski definition) is 6. The van der Waals surface area contributed by atoms with E-state index in [4.69, 9.17) is 16.3 Å². The number of carbonyl (C=O) groups is 2. The van der Waals surface area contributed by atoms with Crippen molar-refractivity contribution in [3.63, 3.8) is 0 Å². The van der Waals surface area contributed by atoms with Gasteiger partial charge in [0, 0.05) is 35.2 Å². The molecule has 4 aromatic rings. The molecule has 53 heavy (non-hydrogen) atoms. The number of nitrogens with one attached hydrogen (secondary N) is 1. The lowest BCUT2D eigenvalue weighted by Crippen LogP contribution is -2.37. The van der Waals surface area contributed by atoms with Crippen LogP contribution in [0.4, 0.5) is 34.6 Å². The highest BCUT2D eigenvalue weighted by molar-refractivity contribution is 9.10. The molecule has 9 nitrogen and oxygen atoms in total. The van der Waals surface area contributed by atoms with Crippen molar-refractivity contribution in [3.05, 3.63) is 115 Å². The van der Waals surface area contributed by atoms with Crippen LogP contribution in [0.5, 0.6) is 5.75 Å². The summed E-state index contributed by atoms with van der Waals surface area (Å²) >= 11 is 9.48. The van der Waals surface area contributed by atoms with Crippen molar-refractivity contribution < 1.29 is 45.4 Å². The maximum atomic E-state index is 15.3. The van der Waals surface area contributed by atoms with Gasteiger partial charge in [-0.1, -0.05) is 29.8 Å². The van der Waals surface area contributed by atoms with Gasteiger partial charge >= 0.3 is 5.97 Å². The average molecular weight is 839 g/mol. The van der Waals surface area contributed by atoms with Gasteiger partial charge in [0.1, 0.15) is 11.5 Å². The van der Waals surface area contributed by atoms with E-state index in [2.05, 4.69) is 26.9 Å². The zero-order valence-corrected chi connectivity index (χ0v) is 31.4. The summed E-state index contributed by atoms with van der Waals surface area (Å²) in [4.78, 5) is 29.2. The number of ether oxygens (including phenoxy) is 1. The van der Waals surface area contributed by atoms with Gasteiger partial charge in [-0.15, -0.1) is 0 Å². The largest absolute Gasteiger partial charge is 0.495 e. The average Bonchev–Trinajstić information content (AvgIpc) is 3.84. The first kappa shape index (κ1) is 38.4. The van der Waals surface area contributed by atoms with Crippen LogP contribution in [0.25, 0.3) is 0 Å². The number of carboxylic acids is 1. The molecule has 1 aliphatic heterocycles. The van der Waals surface area contributed by atoms with Gasteiger partial charge in [0.15, 0.2) is 23.3 Å². The molecule has 1 saturated carbocycles. The predicted octanol–water partition coefficient (Wildman–Crippen LogP) is 8.41. The Labute approximate surface area is 316 Å². The van der Waals surface area contributed by atoms with Crippen LogP contribution >= 0.6 is 27.5 Å². The van der Waals surface area contributed by atoms with E-state index in [1.807, 2.05) is 12.1 Å². The van der Waals surface area contributed by atoms with Gasteiger partial charge in [-0.2, -0.15) is 0 Å². The van der Waals surface area contributed by atoms with Crippen LogP contribution in [0.1, 0.15) is 64.2 Å². The minimum atomic E-state index is -4.98. The second-order valence-electron chi connectivity index (χ2n) is 12.9. The summed E-state index contributed by atoms with van der Waals surface area (Å²) < 4.78 is 94.5. The quantitative estimate of drug-likeness (QED) is 0.0790. The molecule has 280 valence electrons. The molecule has 0 spiro atoms. The number of amides is 1. The van der Waals surface area contributed by atoms with Crippen LogP contribution in [-0.4, -0.2) is 51.4 Å². The van der Waals surface area contributed by atoms with Gasteiger partial charge in [-0.05, 0) is 101 Å². The van der Waals surface area contributed by atoms with Gasteiger partial charge in [0.25, 0.3) is 0 Å². The van der Waals surface area contributed by atoms with Gasteiger partial charge < -0.3 is 19.6 Å². The van der Waals surface area contributed by atoms with Gasteiger partial charge in [0.05, 0.1) is 35.6 Å². The summed E-state index contributed by atoms with van der Waals surface area (Å²) in [6.45, 7) is 1.52. The molecule has 2 N–H and O–H groups in total. The van der Waals surface area contributed by atoms with Crippen molar-refractivity contribution in [2.45, 2.75) is 44.6 Å². The highest BCUT2D eigenvalue weighted by Crippen LogP contribution is 2.43. The standard InChI is InChI=1S/C37H33BrClF4N3O6S/c1-52-29-17-23(37(48)49)9-10-28(29)46(18-20-13-24(21-7-8-21)15-25(14-20)45-11-2-3-12-45)30(47)19-53(50,51)44-36-26(32(40)33(41)34(42)35(36)43)16-22-5-4-6-27(38)31(22)39/h4-6,9-10,13-15,17,21,44H,2-3,7-8,11-12,16,18-19H2,1H3,(H,48,49). The Hall–Kier alpha value is -4.34. The molecule has 0 aromatic heterocycles. The highest BCUT2D eigenvalue weighted by Gasteiger charge is 2.32. The van der Waals surface area contributed by atoms with E-state index in [0.29, 0.717) is 16.0 Å². The molecule has 2 aliphatic rings. The third kappa shape index (κ3) is 8.42. The smallest absolute Gasteiger partial charge is 0.335 e. The molecular formula is C37H33BrClF4N3O6S. The molecule has 0 atom stereocenters. The molecule has 4 aromatic carbocycles.